The number of aliphatic hydroxyl groups is 1. The van der Waals surface area contributed by atoms with Crippen molar-refractivity contribution in [2.75, 3.05) is 57.8 Å². The van der Waals surface area contributed by atoms with E-state index < -0.39 is 5.60 Å². The molecule has 1 heterocycles. The molecule has 1 unspecified atom stereocenters. The van der Waals surface area contributed by atoms with Gasteiger partial charge in [-0.2, -0.15) is 0 Å². The molecule has 1 aromatic carbocycles. The quantitative estimate of drug-likeness (QED) is 0.238. The number of amides is 1. The third-order valence-corrected chi connectivity index (χ3v) is 4.09. The zero-order chi connectivity index (χ0) is 19.5. The number of guanidine groups is 1. The van der Waals surface area contributed by atoms with Crippen LogP contribution in [0.2, 0.25) is 0 Å². The Morgan fingerprint density at radius 2 is 1.93 bits per heavy atom. The lowest BCUT2D eigenvalue weighted by molar-refractivity contribution is -0.114. The van der Waals surface area contributed by atoms with Crippen molar-refractivity contribution in [3.8, 4) is 0 Å². The second-order valence-electron chi connectivity index (χ2n) is 6.85. The van der Waals surface area contributed by atoms with Gasteiger partial charge in [0.1, 0.15) is 6.54 Å². The van der Waals surface area contributed by atoms with Gasteiger partial charge in [-0.15, -0.1) is 24.0 Å². The molecule has 0 saturated carbocycles. The molecule has 0 aliphatic carbocycles. The van der Waals surface area contributed by atoms with Crippen LogP contribution in [0.1, 0.15) is 13.8 Å². The lowest BCUT2D eigenvalue weighted by Gasteiger charge is -2.34. The van der Waals surface area contributed by atoms with Crippen LogP contribution in [0.3, 0.4) is 0 Å². The summed E-state index contributed by atoms with van der Waals surface area (Å²) in [5.41, 5.74) is -0.177. The summed E-state index contributed by atoms with van der Waals surface area (Å²) in [6.45, 7) is 8.33. The van der Waals surface area contributed by atoms with Crippen molar-refractivity contribution in [1.82, 2.24) is 15.5 Å². The van der Waals surface area contributed by atoms with Crippen LogP contribution < -0.4 is 16.0 Å². The number of carbonyl (C=O) groups excluding carboxylic acids is 1. The summed E-state index contributed by atoms with van der Waals surface area (Å²) in [5, 5.41) is 19.7. The van der Waals surface area contributed by atoms with Crippen molar-refractivity contribution in [3.05, 3.63) is 30.3 Å². The Morgan fingerprint density at radius 3 is 2.57 bits per heavy atom. The number of rotatable bonds is 8. The average molecular weight is 505 g/mol. The molecule has 4 N–H and O–H groups in total. The number of benzene rings is 1. The minimum absolute atomic E-state index is 0. The van der Waals surface area contributed by atoms with E-state index in [9.17, 15) is 9.90 Å². The zero-order valence-electron chi connectivity index (χ0n) is 16.6. The molecule has 1 aliphatic heterocycles. The van der Waals surface area contributed by atoms with E-state index in [1.54, 1.807) is 6.92 Å². The van der Waals surface area contributed by atoms with Gasteiger partial charge in [0.25, 0.3) is 0 Å². The highest BCUT2D eigenvalue weighted by atomic mass is 127. The van der Waals surface area contributed by atoms with Gasteiger partial charge in [0.05, 0.1) is 18.8 Å². The number of nitrogens with zero attached hydrogens (tertiary/aromatic N) is 2. The first-order chi connectivity index (χ1) is 13.0. The van der Waals surface area contributed by atoms with Crippen LogP contribution in [0.4, 0.5) is 5.69 Å². The topological polar surface area (TPSA) is 98.2 Å². The number of carbonyl (C=O) groups is 1. The van der Waals surface area contributed by atoms with Gasteiger partial charge in [-0.25, -0.2) is 4.99 Å². The van der Waals surface area contributed by atoms with Gasteiger partial charge in [0.15, 0.2) is 5.96 Å². The summed E-state index contributed by atoms with van der Waals surface area (Å²) in [6, 6.07) is 9.27. The standard InChI is InChI=1S/C19H31N5O3.HI/c1-3-20-18(21-13-17(25)23-16-7-5-4-6-8-16)22-14-19(2,26)15-24-9-11-27-12-10-24;/h4-8,26H,3,9-15H2,1-2H3,(H,23,25)(H2,20,21,22);1H. The van der Waals surface area contributed by atoms with Crippen molar-refractivity contribution in [3.63, 3.8) is 0 Å². The molecule has 1 aliphatic rings. The molecule has 9 heteroatoms. The fourth-order valence-corrected chi connectivity index (χ4v) is 2.79. The predicted molar refractivity (Wildman–Crippen MR) is 122 cm³/mol. The number of aliphatic imine (C=N–C) groups is 1. The number of hydrogen-bond donors (Lipinski definition) is 4. The second-order valence-corrected chi connectivity index (χ2v) is 6.85. The van der Waals surface area contributed by atoms with Crippen LogP contribution in [0.15, 0.2) is 35.3 Å². The highest BCUT2D eigenvalue weighted by Crippen LogP contribution is 2.08. The van der Waals surface area contributed by atoms with Gasteiger partial charge >= 0.3 is 0 Å². The van der Waals surface area contributed by atoms with E-state index in [-0.39, 0.29) is 36.4 Å². The maximum Gasteiger partial charge on any atom is 0.246 e. The molecule has 1 saturated heterocycles. The van der Waals surface area contributed by atoms with Crippen LogP contribution in [-0.4, -0.2) is 80.0 Å². The van der Waals surface area contributed by atoms with Crippen molar-refractivity contribution < 1.29 is 14.6 Å². The Hall–Kier alpha value is -1.43. The molecule has 1 atom stereocenters. The lowest BCUT2D eigenvalue weighted by Crippen LogP contribution is -2.53. The van der Waals surface area contributed by atoms with E-state index in [0.717, 1.165) is 18.8 Å². The van der Waals surface area contributed by atoms with E-state index in [1.807, 2.05) is 37.3 Å². The van der Waals surface area contributed by atoms with Gasteiger partial charge in [0.2, 0.25) is 5.91 Å². The highest BCUT2D eigenvalue weighted by Gasteiger charge is 2.25. The van der Waals surface area contributed by atoms with Crippen LogP contribution in [0.25, 0.3) is 0 Å². The Bertz CT molecular complexity index is 607. The van der Waals surface area contributed by atoms with Crippen molar-refractivity contribution >= 4 is 41.5 Å². The summed E-state index contributed by atoms with van der Waals surface area (Å²) in [6.07, 6.45) is 0. The minimum Gasteiger partial charge on any atom is -0.387 e. The number of β-amino-alcohol motifs (C(OH)–C–C–N with tert-alkyl or cyclic N) is 1. The number of hydrogen-bond acceptors (Lipinski definition) is 5. The maximum atomic E-state index is 12.0. The van der Waals surface area contributed by atoms with Crippen LogP contribution >= 0.6 is 24.0 Å². The van der Waals surface area contributed by atoms with Gasteiger partial charge in [-0.05, 0) is 26.0 Å². The maximum absolute atomic E-state index is 12.0. The van der Waals surface area contributed by atoms with Crippen LogP contribution in [0, 0.1) is 0 Å². The molecule has 8 nitrogen and oxygen atoms in total. The molecule has 0 spiro atoms. The third-order valence-electron chi connectivity index (χ3n) is 4.09. The van der Waals surface area contributed by atoms with Crippen molar-refractivity contribution in [2.24, 2.45) is 4.99 Å². The molecular weight excluding hydrogens is 473 g/mol. The largest absolute Gasteiger partial charge is 0.387 e. The van der Waals surface area contributed by atoms with Crippen molar-refractivity contribution in [2.45, 2.75) is 19.4 Å². The second kappa shape index (κ2) is 12.9. The van der Waals surface area contributed by atoms with Gasteiger partial charge in [-0.1, -0.05) is 18.2 Å². The summed E-state index contributed by atoms with van der Waals surface area (Å²) in [5.74, 6) is 0.307. The lowest BCUT2D eigenvalue weighted by atomic mass is 10.1. The Kier molecular flexibility index (Phi) is 11.4. The number of para-hydroxylation sites is 1. The summed E-state index contributed by atoms with van der Waals surface area (Å²) >= 11 is 0. The molecule has 1 amide bonds. The predicted octanol–water partition coefficient (Wildman–Crippen LogP) is 0.881. The van der Waals surface area contributed by atoms with E-state index in [1.165, 1.54) is 0 Å². The molecule has 0 bridgehead atoms. The zero-order valence-corrected chi connectivity index (χ0v) is 18.9. The van der Waals surface area contributed by atoms with Gasteiger partial charge < -0.3 is 25.8 Å². The first kappa shape index (κ1) is 24.6. The molecule has 1 aromatic rings. The monoisotopic (exact) mass is 505 g/mol. The van der Waals surface area contributed by atoms with Crippen molar-refractivity contribution in [1.29, 1.82) is 0 Å². The normalized spacial score (nSPS) is 17.2. The SMILES string of the molecule is CCNC(=NCC(=O)Nc1ccccc1)NCC(C)(O)CN1CCOCC1.I. The molecular formula is C19H32IN5O3. The van der Waals surface area contributed by atoms with E-state index in [2.05, 4.69) is 25.8 Å². The Balaban J connectivity index is 0.00000392. The minimum atomic E-state index is -0.917. The number of nitrogens with one attached hydrogen (secondary N) is 3. The highest BCUT2D eigenvalue weighted by molar-refractivity contribution is 14.0. The molecule has 0 radical (unpaired) electrons. The summed E-state index contributed by atoms with van der Waals surface area (Å²) < 4.78 is 5.34. The fourth-order valence-electron chi connectivity index (χ4n) is 2.79. The molecule has 158 valence electrons. The van der Waals surface area contributed by atoms with Crippen LogP contribution in [-0.2, 0) is 9.53 Å². The fraction of sp³-hybridized carbons (Fsp3) is 0.579. The number of morpholine rings is 1. The van der Waals surface area contributed by atoms with Gasteiger partial charge in [-0.3, -0.25) is 9.69 Å². The molecule has 1 fully saturated rings. The third kappa shape index (κ3) is 9.67. The number of ether oxygens (including phenoxy) is 1. The first-order valence-electron chi connectivity index (χ1n) is 9.38. The molecule has 28 heavy (non-hydrogen) atoms. The number of anilines is 1. The first-order valence-corrected chi connectivity index (χ1v) is 9.38. The van der Waals surface area contributed by atoms with Gasteiger partial charge in [0, 0.05) is 38.4 Å². The summed E-state index contributed by atoms with van der Waals surface area (Å²) in [7, 11) is 0. The smallest absolute Gasteiger partial charge is 0.246 e. The molecule has 2 rings (SSSR count). The summed E-state index contributed by atoms with van der Waals surface area (Å²) in [4.78, 5) is 18.5. The molecule has 0 aromatic heterocycles. The Labute approximate surface area is 184 Å². The van der Waals surface area contributed by atoms with E-state index in [0.29, 0.717) is 38.8 Å². The van der Waals surface area contributed by atoms with E-state index >= 15 is 0 Å². The van der Waals surface area contributed by atoms with E-state index in [4.69, 9.17) is 4.74 Å². The van der Waals surface area contributed by atoms with Crippen LogP contribution in [0.5, 0.6) is 0 Å². The number of halogens is 1. The Morgan fingerprint density at radius 1 is 1.25 bits per heavy atom. The average Bonchev–Trinajstić information content (AvgIpc) is 2.65.